The van der Waals surface area contributed by atoms with Crippen LogP contribution in [0.5, 0.6) is 28.7 Å². The molecule has 0 aliphatic rings. The van der Waals surface area contributed by atoms with E-state index in [1.54, 1.807) is 30.3 Å². The molecule has 0 amide bonds. The van der Waals surface area contributed by atoms with Crippen LogP contribution in [-0.2, 0) is 20.4 Å². The highest BCUT2D eigenvalue weighted by Crippen LogP contribution is 2.47. The molecule has 0 aromatic heterocycles. The van der Waals surface area contributed by atoms with Crippen LogP contribution in [0.1, 0.15) is 18.1 Å². The molecule has 30 heavy (non-hydrogen) atoms. The van der Waals surface area contributed by atoms with Gasteiger partial charge >= 0.3 is 5.97 Å². The average molecular weight is 436 g/mol. The summed E-state index contributed by atoms with van der Waals surface area (Å²) < 4.78 is 51.6. The van der Waals surface area contributed by atoms with Crippen LogP contribution < -0.4 is 23.7 Å². The normalized spacial score (nSPS) is 11.2. The fourth-order valence-electron chi connectivity index (χ4n) is 2.77. The molecule has 0 bridgehead atoms. The minimum Gasteiger partial charge on any atom is -0.493 e. The maximum Gasteiger partial charge on any atom is 0.308 e. The predicted molar refractivity (Wildman–Crippen MR) is 112 cm³/mol. The molecule has 2 aromatic rings. The van der Waals surface area contributed by atoms with Gasteiger partial charge in [-0.25, -0.2) is 8.42 Å². The Balaban J connectivity index is 2.32. The SMILES string of the molecule is COc1cc(CS(=O)(=O)C=Cc2ccc(OC(C)=O)cc2)c(OC)c(OC)c1OC. The van der Waals surface area contributed by atoms with Crippen molar-refractivity contribution in [2.45, 2.75) is 12.7 Å². The molecule has 0 unspecified atom stereocenters. The van der Waals surface area contributed by atoms with Gasteiger partial charge in [-0.05, 0) is 29.8 Å². The van der Waals surface area contributed by atoms with Crippen LogP contribution >= 0.6 is 0 Å². The fourth-order valence-corrected chi connectivity index (χ4v) is 3.88. The van der Waals surface area contributed by atoms with E-state index in [9.17, 15) is 13.2 Å². The van der Waals surface area contributed by atoms with Gasteiger partial charge in [-0.3, -0.25) is 4.79 Å². The highest BCUT2D eigenvalue weighted by atomic mass is 32.2. The number of hydrogen-bond acceptors (Lipinski definition) is 8. The molecule has 0 radical (unpaired) electrons. The first-order valence-corrected chi connectivity index (χ1v) is 10.5. The van der Waals surface area contributed by atoms with Crippen molar-refractivity contribution < 1.29 is 36.9 Å². The highest BCUT2D eigenvalue weighted by Gasteiger charge is 2.24. The molecular weight excluding hydrogens is 412 g/mol. The van der Waals surface area contributed by atoms with E-state index in [-0.39, 0.29) is 17.3 Å². The van der Waals surface area contributed by atoms with Crippen LogP contribution in [-0.4, -0.2) is 42.8 Å². The van der Waals surface area contributed by atoms with E-state index in [4.69, 9.17) is 23.7 Å². The summed E-state index contributed by atoms with van der Waals surface area (Å²) >= 11 is 0. The number of carbonyl (C=O) groups excluding carboxylic acids is 1. The number of sulfone groups is 1. The van der Waals surface area contributed by atoms with Crippen molar-refractivity contribution in [1.29, 1.82) is 0 Å². The van der Waals surface area contributed by atoms with Crippen molar-refractivity contribution in [2.75, 3.05) is 28.4 Å². The second-order valence-electron chi connectivity index (χ2n) is 6.11. The zero-order valence-electron chi connectivity index (χ0n) is 17.4. The van der Waals surface area contributed by atoms with Gasteiger partial charge in [0.15, 0.2) is 21.3 Å². The van der Waals surface area contributed by atoms with Crippen LogP contribution in [0.4, 0.5) is 0 Å². The first-order valence-electron chi connectivity index (χ1n) is 8.79. The van der Waals surface area contributed by atoms with Crippen LogP contribution in [0, 0.1) is 0 Å². The average Bonchev–Trinajstić information content (AvgIpc) is 2.71. The van der Waals surface area contributed by atoms with Crippen molar-refractivity contribution in [3.05, 3.63) is 46.9 Å². The number of rotatable bonds is 9. The van der Waals surface area contributed by atoms with Gasteiger partial charge in [-0.1, -0.05) is 12.1 Å². The van der Waals surface area contributed by atoms with E-state index < -0.39 is 15.8 Å². The molecule has 2 rings (SSSR count). The lowest BCUT2D eigenvalue weighted by atomic mass is 10.1. The summed E-state index contributed by atoms with van der Waals surface area (Å²) in [5.41, 5.74) is 0.994. The molecule has 0 saturated carbocycles. The second-order valence-corrected chi connectivity index (χ2v) is 8.00. The largest absolute Gasteiger partial charge is 0.493 e. The standard InChI is InChI=1S/C21H24O8S/c1-14(22)29-17-8-6-15(7-9-17)10-11-30(23,24)13-16-12-18(25-2)20(27-4)21(28-5)19(16)26-3/h6-12H,13H2,1-5H3. The number of hydrogen-bond donors (Lipinski definition) is 0. The topological polar surface area (TPSA) is 97.4 Å². The monoisotopic (exact) mass is 436 g/mol. The quantitative estimate of drug-likeness (QED) is 0.437. The molecule has 0 N–H and O–H groups in total. The molecule has 8 nitrogen and oxygen atoms in total. The van der Waals surface area contributed by atoms with Gasteiger partial charge in [0.1, 0.15) is 5.75 Å². The van der Waals surface area contributed by atoms with Gasteiger partial charge < -0.3 is 23.7 Å². The smallest absolute Gasteiger partial charge is 0.308 e. The summed E-state index contributed by atoms with van der Waals surface area (Å²) in [5, 5.41) is 1.11. The van der Waals surface area contributed by atoms with Crippen LogP contribution in [0.25, 0.3) is 6.08 Å². The molecular formula is C21H24O8S. The van der Waals surface area contributed by atoms with Gasteiger partial charge in [0.2, 0.25) is 11.5 Å². The number of carbonyl (C=O) groups is 1. The summed E-state index contributed by atoms with van der Waals surface area (Å²) in [6, 6.07) is 7.99. The zero-order valence-corrected chi connectivity index (χ0v) is 18.2. The van der Waals surface area contributed by atoms with E-state index >= 15 is 0 Å². The van der Waals surface area contributed by atoms with E-state index in [0.29, 0.717) is 28.4 Å². The number of esters is 1. The lowest BCUT2D eigenvalue weighted by Crippen LogP contribution is -2.06. The molecule has 0 spiro atoms. The molecule has 2 aromatic carbocycles. The summed E-state index contributed by atoms with van der Waals surface area (Å²) in [6.45, 7) is 1.30. The number of ether oxygens (including phenoxy) is 5. The summed E-state index contributed by atoms with van der Waals surface area (Å²) in [6.07, 6.45) is 1.46. The lowest BCUT2D eigenvalue weighted by molar-refractivity contribution is -0.131. The van der Waals surface area contributed by atoms with Gasteiger partial charge in [0.25, 0.3) is 0 Å². The lowest BCUT2D eigenvalue weighted by Gasteiger charge is -2.18. The molecule has 9 heteroatoms. The van der Waals surface area contributed by atoms with E-state index in [1.807, 2.05) is 0 Å². The molecule has 0 aliphatic carbocycles. The molecule has 0 saturated heterocycles. The molecule has 0 aliphatic heterocycles. The maximum absolute atomic E-state index is 12.7. The Hall–Kier alpha value is -3.20. The third kappa shape index (κ3) is 5.66. The summed E-state index contributed by atoms with van der Waals surface area (Å²) in [4.78, 5) is 11.0. The zero-order chi connectivity index (χ0) is 22.3. The Bertz CT molecular complexity index is 1020. The number of benzene rings is 2. The minimum atomic E-state index is -3.66. The number of methoxy groups -OCH3 is 4. The molecule has 0 heterocycles. The summed E-state index contributed by atoms with van der Waals surface area (Å²) in [5.74, 6) is 0.735. The fraction of sp³-hybridized carbons (Fsp3) is 0.286. The Morgan fingerprint density at radius 3 is 2.00 bits per heavy atom. The highest BCUT2D eigenvalue weighted by molar-refractivity contribution is 7.93. The Morgan fingerprint density at radius 2 is 1.50 bits per heavy atom. The Morgan fingerprint density at radius 1 is 0.900 bits per heavy atom. The molecule has 162 valence electrons. The van der Waals surface area contributed by atoms with E-state index in [2.05, 4.69) is 0 Å². The Kier molecular flexibility index (Phi) is 7.71. The predicted octanol–water partition coefficient (Wildman–Crippen LogP) is 3.23. The maximum atomic E-state index is 12.7. The van der Waals surface area contributed by atoms with Crippen LogP contribution in [0.2, 0.25) is 0 Å². The van der Waals surface area contributed by atoms with E-state index in [0.717, 1.165) is 5.41 Å². The van der Waals surface area contributed by atoms with Crippen LogP contribution in [0.15, 0.2) is 35.7 Å². The van der Waals surface area contributed by atoms with E-state index in [1.165, 1.54) is 41.4 Å². The van der Waals surface area contributed by atoms with Crippen molar-refractivity contribution in [3.63, 3.8) is 0 Å². The minimum absolute atomic E-state index is 0.245. The van der Waals surface area contributed by atoms with Crippen molar-refractivity contribution >= 4 is 21.9 Å². The third-order valence-electron chi connectivity index (χ3n) is 4.03. The first kappa shape index (κ1) is 23.1. The second kappa shape index (κ2) is 10.0. The molecule has 0 atom stereocenters. The Labute approximate surface area is 175 Å². The summed E-state index contributed by atoms with van der Waals surface area (Å²) in [7, 11) is 2.08. The third-order valence-corrected chi connectivity index (χ3v) is 5.30. The molecule has 0 fully saturated rings. The van der Waals surface area contributed by atoms with Crippen molar-refractivity contribution in [3.8, 4) is 28.7 Å². The van der Waals surface area contributed by atoms with Crippen molar-refractivity contribution in [2.24, 2.45) is 0 Å². The van der Waals surface area contributed by atoms with Gasteiger partial charge in [0, 0.05) is 17.9 Å². The van der Waals surface area contributed by atoms with Gasteiger partial charge in [0.05, 0.1) is 34.2 Å². The van der Waals surface area contributed by atoms with Crippen LogP contribution in [0.3, 0.4) is 0 Å². The first-order chi connectivity index (χ1) is 14.2. The van der Waals surface area contributed by atoms with Crippen molar-refractivity contribution in [1.82, 2.24) is 0 Å². The van der Waals surface area contributed by atoms with Gasteiger partial charge in [-0.2, -0.15) is 0 Å². The van der Waals surface area contributed by atoms with Gasteiger partial charge in [-0.15, -0.1) is 0 Å².